The standard InChI is InChI=1S/C25H32N2O4.H2S/c1-18-16-27(12-11-25(18,2)21-9-6-10-22(28)14-21)17-20(24(31)26-15-23(29)30)13-19-7-4-3-5-8-19;/h3-10,14,18,20,28H,11-13,15-17H2,1-2H3,(H,26,31)(H,29,30);1H2/t18-,20-,25?;/m0./s1. The van der Waals surface area contributed by atoms with Crippen molar-refractivity contribution in [1.82, 2.24) is 10.2 Å². The van der Waals surface area contributed by atoms with Gasteiger partial charge in [-0.3, -0.25) is 9.59 Å². The first-order chi connectivity index (χ1) is 14.8. The number of likely N-dealkylation sites (tertiary alicyclic amines) is 1. The molecule has 0 bridgehead atoms. The highest BCUT2D eigenvalue weighted by Gasteiger charge is 2.39. The molecule has 0 spiro atoms. The SMILES string of the molecule is C[C@H]1CN(C[C@H](Cc2ccccc2)C(=O)NCC(=O)O)CCC1(C)c1cccc(O)c1.S. The summed E-state index contributed by atoms with van der Waals surface area (Å²) in [5.74, 6) is -0.964. The first kappa shape index (κ1) is 25.7. The number of aliphatic carboxylic acids is 1. The first-order valence-corrected chi connectivity index (χ1v) is 10.8. The molecule has 1 amide bonds. The molecule has 3 N–H and O–H groups in total. The molecule has 3 rings (SSSR count). The van der Waals surface area contributed by atoms with Crippen molar-refractivity contribution in [2.45, 2.75) is 32.1 Å². The number of piperidine rings is 1. The smallest absolute Gasteiger partial charge is 0.322 e. The van der Waals surface area contributed by atoms with Gasteiger partial charge in [0.2, 0.25) is 5.91 Å². The number of hydrogen-bond acceptors (Lipinski definition) is 4. The maximum absolute atomic E-state index is 12.8. The van der Waals surface area contributed by atoms with E-state index in [1.807, 2.05) is 42.5 Å². The maximum Gasteiger partial charge on any atom is 0.322 e. The van der Waals surface area contributed by atoms with Crippen molar-refractivity contribution in [2.75, 3.05) is 26.2 Å². The number of carbonyl (C=O) groups excluding carboxylic acids is 1. The van der Waals surface area contributed by atoms with Gasteiger partial charge in [-0.05, 0) is 54.0 Å². The van der Waals surface area contributed by atoms with E-state index < -0.39 is 5.97 Å². The van der Waals surface area contributed by atoms with Gasteiger partial charge in [0, 0.05) is 13.1 Å². The lowest BCUT2D eigenvalue weighted by Gasteiger charge is -2.45. The third-order valence-electron chi connectivity index (χ3n) is 6.66. The second-order valence-corrected chi connectivity index (χ2v) is 8.88. The number of carbonyl (C=O) groups is 2. The predicted molar refractivity (Wildman–Crippen MR) is 130 cm³/mol. The number of carboxylic acid groups (broad SMARTS) is 1. The molecule has 1 aliphatic heterocycles. The van der Waals surface area contributed by atoms with Crippen LogP contribution in [0.5, 0.6) is 5.75 Å². The molecule has 0 radical (unpaired) electrons. The number of phenols is 1. The highest BCUT2D eigenvalue weighted by molar-refractivity contribution is 7.59. The van der Waals surface area contributed by atoms with Gasteiger partial charge in [-0.1, -0.05) is 56.3 Å². The van der Waals surface area contributed by atoms with Crippen LogP contribution < -0.4 is 5.32 Å². The van der Waals surface area contributed by atoms with Gasteiger partial charge in [0.05, 0.1) is 5.92 Å². The molecule has 174 valence electrons. The van der Waals surface area contributed by atoms with E-state index in [1.54, 1.807) is 6.07 Å². The largest absolute Gasteiger partial charge is 0.508 e. The monoisotopic (exact) mass is 458 g/mol. The summed E-state index contributed by atoms with van der Waals surface area (Å²) in [5.41, 5.74) is 2.16. The Morgan fingerprint density at radius 2 is 1.91 bits per heavy atom. The van der Waals surface area contributed by atoms with Crippen LogP contribution >= 0.6 is 13.5 Å². The lowest BCUT2D eigenvalue weighted by atomic mass is 9.68. The molecule has 3 atom stereocenters. The molecule has 1 saturated heterocycles. The lowest BCUT2D eigenvalue weighted by Crippen LogP contribution is -2.50. The van der Waals surface area contributed by atoms with Crippen LogP contribution in [0.1, 0.15) is 31.4 Å². The zero-order valence-electron chi connectivity index (χ0n) is 18.8. The number of nitrogens with one attached hydrogen (secondary N) is 1. The van der Waals surface area contributed by atoms with Crippen molar-refractivity contribution >= 4 is 25.4 Å². The number of amides is 1. The van der Waals surface area contributed by atoms with Gasteiger partial charge in [-0.2, -0.15) is 13.5 Å². The Hall–Kier alpha value is -2.51. The molecule has 0 saturated carbocycles. The van der Waals surface area contributed by atoms with E-state index in [2.05, 4.69) is 30.1 Å². The van der Waals surface area contributed by atoms with Crippen molar-refractivity contribution in [2.24, 2.45) is 11.8 Å². The van der Waals surface area contributed by atoms with E-state index in [0.29, 0.717) is 18.9 Å². The minimum atomic E-state index is -1.04. The molecule has 1 heterocycles. The molecule has 1 unspecified atom stereocenters. The van der Waals surface area contributed by atoms with Crippen LogP contribution in [0.3, 0.4) is 0 Å². The van der Waals surface area contributed by atoms with E-state index in [0.717, 1.165) is 30.6 Å². The lowest BCUT2D eigenvalue weighted by molar-refractivity contribution is -0.138. The van der Waals surface area contributed by atoms with Crippen LogP contribution in [-0.4, -0.2) is 53.2 Å². The summed E-state index contributed by atoms with van der Waals surface area (Å²) in [6.07, 6.45) is 1.49. The van der Waals surface area contributed by atoms with Gasteiger partial charge in [0.15, 0.2) is 0 Å². The van der Waals surface area contributed by atoms with E-state index in [1.165, 1.54) is 0 Å². The summed E-state index contributed by atoms with van der Waals surface area (Å²) in [6, 6.07) is 17.3. The number of carboxylic acids is 1. The van der Waals surface area contributed by atoms with Crippen molar-refractivity contribution in [1.29, 1.82) is 0 Å². The van der Waals surface area contributed by atoms with Crippen LogP contribution in [0.15, 0.2) is 54.6 Å². The third kappa shape index (κ3) is 6.50. The number of nitrogens with zero attached hydrogens (tertiary/aromatic N) is 1. The van der Waals surface area contributed by atoms with Gasteiger partial charge in [0.25, 0.3) is 0 Å². The average molecular weight is 459 g/mol. The molecule has 0 aromatic heterocycles. The highest BCUT2D eigenvalue weighted by atomic mass is 32.1. The zero-order chi connectivity index (χ0) is 22.4. The molecule has 1 fully saturated rings. The summed E-state index contributed by atoms with van der Waals surface area (Å²) in [7, 11) is 0. The zero-order valence-corrected chi connectivity index (χ0v) is 19.8. The van der Waals surface area contributed by atoms with Gasteiger partial charge >= 0.3 is 5.97 Å². The molecular weight excluding hydrogens is 424 g/mol. The molecule has 0 aliphatic carbocycles. The number of aromatic hydroxyl groups is 1. The van der Waals surface area contributed by atoms with Crippen molar-refractivity contribution in [3.05, 3.63) is 65.7 Å². The van der Waals surface area contributed by atoms with Crippen LogP contribution in [0.4, 0.5) is 0 Å². The Kier molecular flexibility index (Phi) is 9.16. The Balaban J connectivity index is 0.00000363. The summed E-state index contributed by atoms with van der Waals surface area (Å²) in [6.45, 7) is 6.35. The summed E-state index contributed by atoms with van der Waals surface area (Å²) < 4.78 is 0. The van der Waals surface area contributed by atoms with Gasteiger partial charge < -0.3 is 20.4 Å². The van der Waals surface area contributed by atoms with Gasteiger partial charge in [-0.25, -0.2) is 0 Å². The summed E-state index contributed by atoms with van der Waals surface area (Å²) in [4.78, 5) is 26.0. The van der Waals surface area contributed by atoms with Crippen molar-refractivity contribution < 1.29 is 19.8 Å². The average Bonchev–Trinajstić information content (AvgIpc) is 2.75. The fourth-order valence-corrected chi connectivity index (χ4v) is 4.53. The Bertz CT molecular complexity index is 908. The first-order valence-electron chi connectivity index (χ1n) is 10.8. The molecule has 7 heteroatoms. The van der Waals surface area contributed by atoms with Gasteiger partial charge in [-0.15, -0.1) is 0 Å². The Morgan fingerprint density at radius 3 is 2.53 bits per heavy atom. The van der Waals surface area contributed by atoms with Crippen LogP contribution in [-0.2, 0) is 21.4 Å². The van der Waals surface area contributed by atoms with E-state index in [4.69, 9.17) is 5.11 Å². The fourth-order valence-electron chi connectivity index (χ4n) is 4.53. The quantitative estimate of drug-likeness (QED) is 0.565. The Morgan fingerprint density at radius 1 is 1.19 bits per heavy atom. The topological polar surface area (TPSA) is 89.9 Å². The maximum atomic E-state index is 12.8. The minimum Gasteiger partial charge on any atom is -0.508 e. The van der Waals surface area contributed by atoms with E-state index >= 15 is 0 Å². The molecule has 2 aromatic carbocycles. The van der Waals surface area contributed by atoms with E-state index in [9.17, 15) is 14.7 Å². The molecule has 6 nitrogen and oxygen atoms in total. The van der Waals surface area contributed by atoms with Crippen LogP contribution in [0, 0.1) is 11.8 Å². The molecule has 1 aliphatic rings. The second-order valence-electron chi connectivity index (χ2n) is 8.88. The number of rotatable bonds is 8. The van der Waals surface area contributed by atoms with E-state index in [-0.39, 0.29) is 43.0 Å². The van der Waals surface area contributed by atoms with Crippen LogP contribution in [0.25, 0.3) is 0 Å². The van der Waals surface area contributed by atoms with Crippen LogP contribution in [0.2, 0.25) is 0 Å². The number of phenolic OH excluding ortho intramolecular Hbond substituents is 1. The second kappa shape index (κ2) is 11.4. The summed E-state index contributed by atoms with van der Waals surface area (Å²) >= 11 is 0. The predicted octanol–water partition coefficient (Wildman–Crippen LogP) is 3.16. The summed E-state index contributed by atoms with van der Waals surface area (Å²) in [5, 5.41) is 21.4. The molecular formula is C25H34N2O4S. The minimum absolute atomic E-state index is 0. The molecule has 2 aromatic rings. The number of benzene rings is 2. The van der Waals surface area contributed by atoms with Crippen molar-refractivity contribution in [3.63, 3.8) is 0 Å². The van der Waals surface area contributed by atoms with Gasteiger partial charge in [0.1, 0.15) is 12.3 Å². The fraction of sp³-hybridized carbons (Fsp3) is 0.440. The highest BCUT2D eigenvalue weighted by Crippen LogP contribution is 2.40. The Labute approximate surface area is 197 Å². The normalized spacial score (nSPS) is 21.9. The third-order valence-corrected chi connectivity index (χ3v) is 6.66. The molecule has 32 heavy (non-hydrogen) atoms. The van der Waals surface area contributed by atoms with Crippen molar-refractivity contribution in [3.8, 4) is 5.75 Å². The number of hydrogen-bond donors (Lipinski definition) is 3.